The molecule has 25 heavy (non-hydrogen) atoms. The van der Waals surface area contributed by atoms with Crippen molar-refractivity contribution >= 4 is 11.7 Å². The molecule has 1 aliphatic heterocycles. The van der Waals surface area contributed by atoms with Crippen molar-refractivity contribution in [2.75, 3.05) is 18.9 Å². The molecule has 0 radical (unpaired) electrons. The van der Waals surface area contributed by atoms with Gasteiger partial charge in [0.25, 0.3) is 0 Å². The molecule has 7 heteroatoms. The summed E-state index contributed by atoms with van der Waals surface area (Å²) in [5.74, 6) is 2.75. The van der Waals surface area contributed by atoms with Crippen LogP contribution in [0, 0.1) is 0 Å². The monoisotopic (exact) mass is 342 g/mol. The summed E-state index contributed by atoms with van der Waals surface area (Å²) in [6, 6.07) is 5.60. The van der Waals surface area contributed by atoms with E-state index < -0.39 is 0 Å². The van der Waals surface area contributed by atoms with Crippen LogP contribution >= 0.6 is 0 Å². The molecule has 2 aromatic rings. The van der Waals surface area contributed by atoms with Gasteiger partial charge in [-0.1, -0.05) is 5.16 Å². The lowest BCUT2D eigenvalue weighted by Gasteiger charge is -2.17. The van der Waals surface area contributed by atoms with Gasteiger partial charge in [-0.2, -0.15) is 4.98 Å². The number of nitrogens with zero attached hydrogens (tertiary/aromatic N) is 3. The van der Waals surface area contributed by atoms with Crippen molar-refractivity contribution in [3.8, 4) is 5.75 Å². The Labute approximate surface area is 146 Å². The van der Waals surface area contributed by atoms with Crippen LogP contribution in [-0.4, -0.2) is 40.8 Å². The first-order valence-electron chi connectivity index (χ1n) is 8.72. The molecule has 1 aromatic heterocycles. The fraction of sp³-hybridized carbons (Fsp3) is 0.500. The lowest BCUT2D eigenvalue weighted by atomic mass is 10.1. The number of aromatic nitrogens is 2. The van der Waals surface area contributed by atoms with Crippen molar-refractivity contribution < 1.29 is 14.1 Å². The summed E-state index contributed by atoms with van der Waals surface area (Å²) in [6.45, 7) is 2.57. The van der Waals surface area contributed by atoms with Gasteiger partial charge in [-0.3, -0.25) is 0 Å². The fourth-order valence-corrected chi connectivity index (χ4v) is 2.95. The van der Waals surface area contributed by atoms with Gasteiger partial charge in [0, 0.05) is 38.0 Å². The van der Waals surface area contributed by atoms with Crippen molar-refractivity contribution in [2.24, 2.45) is 0 Å². The van der Waals surface area contributed by atoms with Gasteiger partial charge < -0.3 is 19.5 Å². The van der Waals surface area contributed by atoms with Crippen molar-refractivity contribution in [1.29, 1.82) is 0 Å². The average molecular weight is 342 g/mol. The standard InChI is InChI=1S/C18H22N4O3/c1-11-9-13-10-14(5-6-15(13)24-11)19-18(23)22(2)8-7-16-20-17(25-21-16)12-3-4-12/h5-6,10-12H,3-4,7-9H2,1-2H3,(H,19,23). The number of amides is 2. The number of likely N-dealkylation sites (N-methyl/N-ethyl adjacent to an activating group) is 1. The minimum atomic E-state index is -0.155. The fourth-order valence-electron chi connectivity index (χ4n) is 2.95. The average Bonchev–Trinajstić information content (AvgIpc) is 3.21. The SMILES string of the molecule is CC1Cc2cc(NC(=O)N(C)CCc3noc(C4CC4)n3)ccc2O1. The number of nitrogens with one attached hydrogen (secondary N) is 1. The van der Waals surface area contributed by atoms with Crippen LogP contribution in [0.4, 0.5) is 10.5 Å². The second kappa shape index (κ2) is 6.38. The number of rotatable bonds is 5. The molecule has 1 saturated carbocycles. The van der Waals surface area contributed by atoms with E-state index in [4.69, 9.17) is 9.26 Å². The molecule has 0 saturated heterocycles. The third-order valence-electron chi connectivity index (χ3n) is 4.58. The first-order valence-corrected chi connectivity index (χ1v) is 8.72. The molecule has 4 rings (SSSR count). The second-order valence-electron chi connectivity index (χ2n) is 6.88. The van der Waals surface area contributed by atoms with E-state index in [9.17, 15) is 4.79 Å². The summed E-state index contributed by atoms with van der Waals surface area (Å²) < 4.78 is 10.9. The van der Waals surface area contributed by atoms with Gasteiger partial charge in [-0.05, 0) is 43.5 Å². The third-order valence-corrected chi connectivity index (χ3v) is 4.58. The predicted molar refractivity (Wildman–Crippen MR) is 91.9 cm³/mol. The molecule has 7 nitrogen and oxygen atoms in total. The summed E-state index contributed by atoms with van der Waals surface area (Å²) in [6.07, 6.45) is 3.91. The smallest absolute Gasteiger partial charge is 0.321 e. The van der Waals surface area contributed by atoms with E-state index in [0.29, 0.717) is 24.7 Å². The Hall–Kier alpha value is -2.57. The van der Waals surface area contributed by atoms with E-state index in [1.807, 2.05) is 25.1 Å². The van der Waals surface area contributed by atoms with E-state index in [1.54, 1.807) is 11.9 Å². The van der Waals surface area contributed by atoms with E-state index in [0.717, 1.165) is 42.2 Å². The molecule has 2 aliphatic rings. The van der Waals surface area contributed by atoms with Crippen LogP contribution in [-0.2, 0) is 12.8 Å². The number of carbonyl (C=O) groups is 1. The zero-order valence-electron chi connectivity index (χ0n) is 14.5. The van der Waals surface area contributed by atoms with Gasteiger partial charge in [-0.15, -0.1) is 0 Å². The molecule has 1 unspecified atom stereocenters. The highest BCUT2D eigenvalue weighted by molar-refractivity contribution is 5.89. The van der Waals surface area contributed by atoms with Gasteiger partial charge in [0.15, 0.2) is 5.82 Å². The van der Waals surface area contributed by atoms with Gasteiger partial charge in [-0.25, -0.2) is 4.79 Å². The highest BCUT2D eigenvalue weighted by Crippen LogP contribution is 2.38. The molecule has 1 N–H and O–H groups in total. The Kier molecular flexibility index (Phi) is 4.07. The maximum Gasteiger partial charge on any atom is 0.321 e. The molecule has 1 aromatic carbocycles. The quantitative estimate of drug-likeness (QED) is 0.903. The lowest BCUT2D eigenvalue weighted by Crippen LogP contribution is -2.33. The molecule has 2 heterocycles. The number of anilines is 1. The van der Waals surface area contributed by atoms with E-state index in [1.165, 1.54) is 0 Å². The van der Waals surface area contributed by atoms with Gasteiger partial charge in [0.05, 0.1) is 0 Å². The zero-order valence-corrected chi connectivity index (χ0v) is 14.5. The maximum absolute atomic E-state index is 12.3. The predicted octanol–water partition coefficient (Wildman–Crippen LogP) is 2.98. The molecule has 1 fully saturated rings. The van der Waals surface area contributed by atoms with Gasteiger partial charge in [0.1, 0.15) is 11.9 Å². The highest BCUT2D eigenvalue weighted by atomic mass is 16.5. The summed E-state index contributed by atoms with van der Waals surface area (Å²) in [5.41, 5.74) is 1.91. The van der Waals surface area contributed by atoms with Crippen LogP contribution < -0.4 is 10.1 Å². The Morgan fingerprint density at radius 3 is 3.04 bits per heavy atom. The van der Waals surface area contributed by atoms with Crippen LogP contribution in [0.5, 0.6) is 5.75 Å². The maximum atomic E-state index is 12.3. The molecule has 1 aliphatic carbocycles. The first kappa shape index (κ1) is 15.9. The van der Waals surface area contributed by atoms with Gasteiger partial charge >= 0.3 is 6.03 Å². The minimum absolute atomic E-state index is 0.155. The summed E-state index contributed by atoms with van der Waals surface area (Å²) in [4.78, 5) is 18.3. The molecule has 0 bridgehead atoms. The zero-order chi connectivity index (χ0) is 17.4. The van der Waals surface area contributed by atoms with E-state index >= 15 is 0 Å². The van der Waals surface area contributed by atoms with E-state index in [2.05, 4.69) is 15.5 Å². The number of hydrogen-bond donors (Lipinski definition) is 1. The van der Waals surface area contributed by atoms with Crippen LogP contribution in [0.3, 0.4) is 0 Å². The Bertz CT molecular complexity index is 784. The van der Waals surface area contributed by atoms with Crippen molar-refractivity contribution in [3.05, 3.63) is 35.5 Å². The molecular formula is C18H22N4O3. The normalized spacial score (nSPS) is 18.6. The Morgan fingerprint density at radius 2 is 2.24 bits per heavy atom. The van der Waals surface area contributed by atoms with E-state index in [-0.39, 0.29) is 12.1 Å². The summed E-state index contributed by atoms with van der Waals surface area (Å²) in [5, 5.41) is 6.90. The molecule has 0 spiro atoms. The molecule has 2 amide bonds. The minimum Gasteiger partial charge on any atom is -0.490 e. The van der Waals surface area contributed by atoms with Crippen LogP contribution in [0.1, 0.15) is 43.0 Å². The number of fused-ring (bicyclic) bond motifs is 1. The third kappa shape index (κ3) is 3.60. The van der Waals surface area contributed by atoms with Crippen molar-refractivity contribution in [3.63, 3.8) is 0 Å². The number of benzene rings is 1. The molecular weight excluding hydrogens is 320 g/mol. The molecule has 132 valence electrons. The topological polar surface area (TPSA) is 80.5 Å². The summed E-state index contributed by atoms with van der Waals surface area (Å²) in [7, 11) is 1.76. The first-order chi connectivity index (χ1) is 12.1. The Balaban J connectivity index is 1.30. The van der Waals surface area contributed by atoms with Crippen molar-refractivity contribution in [1.82, 2.24) is 15.0 Å². The molecule has 1 atom stereocenters. The largest absolute Gasteiger partial charge is 0.490 e. The van der Waals surface area contributed by atoms with Crippen LogP contribution in [0.15, 0.2) is 22.7 Å². The number of ether oxygens (including phenoxy) is 1. The number of carbonyl (C=O) groups excluding carboxylic acids is 1. The van der Waals surface area contributed by atoms with Crippen LogP contribution in [0.2, 0.25) is 0 Å². The van der Waals surface area contributed by atoms with Gasteiger partial charge in [0.2, 0.25) is 5.89 Å². The Morgan fingerprint density at radius 1 is 1.40 bits per heavy atom. The number of urea groups is 1. The number of hydrogen-bond acceptors (Lipinski definition) is 5. The van der Waals surface area contributed by atoms with Crippen LogP contribution in [0.25, 0.3) is 0 Å². The lowest BCUT2D eigenvalue weighted by molar-refractivity contribution is 0.222. The van der Waals surface area contributed by atoms with Crippen molar-refractivity contribution in [2.45, 2.75) is 44.6 Å². The highest BCUT2D eigenvalue weighted by Gasteiger charge is 2.29. The second-order valence-corrected chi connectivity index (χ2v) is 6.88. The summed E-state index contributed by atoms with van der Waals surface area (Å²) >= 11 is 0.